The first-order chi connectivity index (χ1) is 14.6. The van der Waals surface area contributed by atoms with E-state index in [2.05, 4.69) is 21.7 Å². The summed E-state index contributed by atoms with van der Waals surface area (Å²) >= 11 is 0. The summed E-state index contributed by atoms with van der Waals surface area (Å²) in [5, 5.41) is 4.82. The van der Waals surface area contributed by atoms with Gasteiger partial charge in [0, 0.05) is 46.3 Å². The Labute approximate surface area is 175 Å². The molecule has 30 heavy (non-hydrogen) atoms. The molecule has 2 amide bonds. The number of piperazine rings is 1. The zero-order chi connectivity index (χ0) is 20.8. The van der Waals surface area contributed by atoms with Crippen molar-refractivity contribution in [2.45, 2.75) is 13.2 Å². The minimum absolute atomic E-state index is 0.0839. The summed E-state index contributed by atoms with van der Waals surface area (Å²) in [6, 6.07) is 3.56. The number of aliphatic imine (C=N–C) groups is 2. The van der Waals surface area contributed by atoms with Crippen molar-refractivity contribution in [2.75, 3.05) is 52.9 Å². The van der Waals surface area contributed by atoms with Crippen LogP contribution in [0, 0.1) is 0 Å². The van der Waals surface area contributed by atoms with Crippen LogP contribution < -0.4 is 5.84 Å². The largest absolute Gasteiger partial charge is 0.463 e. The molecule has 1 atom stereocenters. The number of amidine groups is 1. The van der Waals surface area contributed by atoms with Gasteiger partial charge in [-0.3, -0.25) is 9.80 Å². The van der Waals surface area contributed by atoms with Crippen molar-refractivity contribution in [1.82, 2.24) is 29.7 Å². The van der Waals surface area contributed by atoms with Crippen molar-refractivity contribution in [2.24, 2.45) is 15.8 Å². The number of furan rings is 1. The van der Waals surface area contributed by atoms with Crippen LogP contribution in [0.25, 0.3) is 5.70 Å². The molecule has 1 aromatic heterocycles. The van der Waals surface area contributed by atoms with Crippen LogP contribution in [-0.2, 0) is 0 Å². The Morgan fingerprint density at radius 3 is 2.67 bits per heavy atom. The molecule has 2 N–H and O–H groups in total. The fourth-order valence-electron chi connectivity index (χ4n) is 4.35. The lowest BCUT2D eigenvalue weighted by molar-refractivity contribution is 0.0806. The summed E-state index contributed by atoms with van der Waals surface area (Å²) in [4.78, 5) is 28.9. The number of urea groups is 1. The third-order valence-corrected chi connectivity index (χ3v) is 6.13. The van der Waals surface area contributed by atoms with Crippen molar-refractivity contribution < 1.29 is 9.21 Å². The molecule has 0 radical (unpaired) electrons. The molecule has 2 saturated heterocycles. The highest BCUT2D eigenvalue weighted by Gasteiger charge is 2.51. The Morgan fingerprint density at radius 1 is 1.20 bits per heavy atom. The second-order valence-electron chi connectivity index (χ2n) is 7.75. The number of rotatable bonds is 5. The van der Waals surface area contributed by atoms with Gasteiger partial charge in [-0.25, -0.2) is 35.6 Å². The van der Waals surface area contributed by atoms with Crippen molar-refractivity contribution in [3.05, 3.63) is 29.9 Å². The maximum absolute atomic E-state index is 13.0. The summed E-state index contributed by atoms with van der Waals surface area (Å²) in [5.41, 5.74) is 1.29. The first-order valence-corrected chi connectivity index (χ1v) is 10.3. The van der Waals surface area contributed by atoms with Gasteiger partial charge in [0.25, 0.3) is 0 Å². The predicted octanol–water partition coefficient (Wildman–Crippen LogP) is 0.0834. The van der Waals surface area contributed by atoms with E-state index in [0.29, 0.717) is 29.5 Å². The number of carbonyl (C=O) groups is 1. The van der Waals surface area contributed by atoms with E-state index >= 15 is 0 Å². The zero-order valence-corrected chi connectivity index (χ0v) is 17.3. The fourth-order valence-corrected chi connectivity index (χ4v) is 4.35. The third-order valence-electron chi connectivity index (χ3n) is 6.13. The van der Waals surface area contributed by atoms with Gasteiger partial charge in [-0.05, 0) is 18.7 Å². The topological polar surface area (TPSA) is 100 Å². The Hall–Kier alpha value is -2.89. The van der Waals surface area contributed by atoms with Gasteiger partial charge in [-0.2, -0.15) is 0 Å². The van der Waals surface area contributed by atoms with Crippen molar-refractivity contribution in [1.29, 1.82) is 0 Å². The Balaban J connectivity index is 1.38. The maximum Gasteiger partial charge on any atom is 0.341 e. The number of likely N-dealkylation sites (N-methyl/N-ethyl adjacent to an activating group) is 1. The number of carbonyl (C=O) groups excluding carboxylic acids is 1. The van der Waals surface area contributed by atoms with Crippen LogP contribution in [0.3, 0.4) is 0 Å². The molecule has 11 heteroatoms. The molecule has 1 aromatic rings. The smallest absolute Gasteiger partial charge is 0.341 e. The number of hydrogen-bond acceptors (Lipinski definition) is 9. The van der Waals surface area contributed by atoms with Gasteiger partial charge in [0.1, 0.15) is 17.7 Å². The number of nitrogens with zero attached hydrogens (tertiary/aromatic N) is 8. The summed E-state index contributed by atoms with van der Waals surface area (Å²) in [7, 11) is 1.75. The molecule has 2 fully saturated rings. The second kappa shape index (κ2) is 7.42. The molecule has 0 aromatic carbocycles. The van der Waals surface area contributed by atoms with Crippen LogP contribution in [-0.4, -0.2) is 107 Å². The van der Waals surface area contributed by atoms with Crippen LogP contribution in [0.5, 0.6) is 0 Å². The van der Waals surface area contributed by atoms with Gasteiger partial charge < -0.3 is 9.32 Å². The summed E-state index contributed by atoms with van der Waals surface area (Å²) in [6.45, 7) is 8.88. The van der Waals surface area contributed by atoms with Gasteiger partial charge in [-0.1, -0.05) is 6.92 Å². The number of fused-ring (bicyclic) bond motifs is 3. The maximum atomic E-state index is 13.0. The zero-order valence-electron chi connectivity index (χ0n) is 17.3. The first-order valence-electron chi connectivity index (χ1n) is 10.3. The molecule has 0 saturated carbocycles. The summed E-state index contributed by atoms with van der Waals surface area (Å²) in [5.74, 6) is 7.29. The van der Waals surface area contributed by atoms with E-state index in [1.54, 1.807) is 29.3 Å². The minimum atomic E-state index is -0.470. The molecule has 11 nitrogen and oxygen atoms in total. The second-order valence-corrected chi connectivity index (χ2v) is 7.75. The number of amides is 2. The van der Waals surface area contributed by atoms with Gasteiger partial charge in [0.15, 0.2) is 11.6 Å². The van der Waals surface area contributed by atoms with E-state index < -0.39 is 6.29 Å². The Kier molecular flexibility index (Phi) is 4.72. The highest BCUT2D eigenvalue weighted by molar-refractivity contribution is 6.12. The Bertz CT molecular complexity index is 901. The molecule has 4 aliphatic heterocycles. The van der Waals surface area contributed by atoms with Gasteiger partial charge in [-0.15, -0.1) is 0 Å². The van der Waals surface area contributed by atoms with E-state index in [9.17, 15) is 4.79 Å². The molecule has 4 aliphatic rings. The monoisotopic (exact) mass is 413 g/mol. The number of hydrogen-bond donors (Lipinski definition) is 1. The minimum Gasteiger partial charge on any atom is -0.463 e. The molecule has 0 spiro atoms. The van der Waals surface area contributed by atoms with Crippen LogP contribution in [0.15, 0.2) is 38.5 Å². The van der Waals surface area contributed by atoms with E-state index in [4.69, 9.17) is 15.3 Å². The number of hydrazine groups is 2. The molecule has 1 unspecified atom stereocenters. The van der Waals surface area contributed by atoms with Crippen LogP contribution in [0.2, 0.25) is 0 Å². The van der Waals surface area contributed by atoms with Gasteiger partial charge >= 0.3 is 6.03 Å². The van der Waals surface area contributed by atoms with E-state index in [1.807, 2.05) is 11.1 Å². The van der Waals surface area contributed by atoms with Crippen LogP contribution in [0.1, 0.15) is 12.7 Å². The predicted molar refractivity (Wildman–Crippen MR) is 112 cm³/mol. The SMILES string of the molecule is CCN1CCN(CCN2C(=O)N(C)N3C4=C(c5ccco5)N=CN(N)C4=NC23)CC1. The van der Waals surface area contributed by atoms with Gasteiger partial charge in [0.2, 0.25) is 6.29 Å². The summed E-state index contributed by atoms with van der Waals surface area (Å²) < 4.78 is 5.56. The van der Waals surface area contributed by atoms with Crippen molar-refractivity contribution in [3.63, 3.8) is 0 Å². The number of nitrogens with two attached hydrogens (primary N) is 1. The standard InChI is InChI=1S/C19H27N9O2/c1-3-24-6-8-25(9-7-24)10-11-26-18-22-17-16(28(18)23(2)19(26)29)15(21-13-27(17)20)14-5-4-12-30-14/h4-5,12-13,18H,3,6-11,20H2,1-2H3. The molecule has 5 rings (SSSR count). The fraction of sp³-hybridized carbons (Fsp3) is 0.526. The highest BCUT2D eigenvalue weighted by Crippen LogP contribution is 2.38. The lowest BCUT2D eigenvalue weighted by Crippen LogP contribution is -2.49. The average Bonchev–Trinajstić information content (AvgIpc) is 3.47. The quantitative estimate of drug-likeness (QED) is 0.683. The Morgan fingerprint density at radius 2 is 1.97 bits per heavy atom. The third kappa shape index (κ3) is 2.97. The highest BCUT2D eigenvalue weighted by atomic mass is 16.3. The van der Waals surface area contributed by atoms with Crippen LogP contribution >= 0.6 is 0 Å². The lowest BCUT2D eigenvalue weighted by atomic mass is 10.2. The average molecular weight is 413 g/mol. The van der Waals surface area contributed by atoms with Crippen LogP contribution in [0.4, 0.5) is 4.79 Å². The normalized spacial score (nSPS) is 24.8. The van der Waals surface area contributed by atoms with Gasteiger partial charge in [0.05, 0.1) is 6.26 Å². The van der Waals surface area contributed by atoms with E-state index in [0.717, 1.165) is 39.3 Å². The first kappa shape index (κ1) is 19.1. The molecule has 5 heterocycles. The van der Waals surface area contributed by atoms with E-state index in [1.165, 1.54) is 11.3 Å². The molecule has 0 aliphatic carbocycles. The summed E-state index contributed by atoms with van der Waals surface area (Å²) in [6.07, 6.45) is 2.64. The molecule has 0 bridgehead atoms. The van der Waals surface area contributed by atoms with Crippen molar-refractivity contribution in [3.8, 4) is 0 Å². The molecular weight excluding hydrogens is 386 g/mol. The lowest BCUT2D eigenvalue weighted by Gasteiger charge is -2.34. The molecular formula is C19H27N9O2. The van der Waals surface area contributed by atoms with Crippen molar-refractivity contribution >= 4 is 23.9 Å². The van der Waals surface area contributed by atoms with E-state index in [-0.39, 0.29) is 6.03 Å². The molecule has 160 valence electrons.